The molecule has 0 unspecified atom stereocenters. The van der Waals surface area contributed by atoms with Crippen molar-refractivity contribution in [3.63, 3.8) is 0 Å². The smallest absolute Gasteiger partial charge is 0.276 e. The van der Waals surface area contributed by atoms with Crippen molar-refractivity contribution in [2.75, 3.05) is 5.73 Å². The van der Waals surface area contributed by atoms with E-state index in [9.17, 15) is 0 Å². The van der Waals surface area contributed by atoms with Crippen LogP contribution in [0.15, 0.2) is 22.9 Å². The van der Waals surface area contributed by atoms with Gasteiger partial charge < -0.3 is 10.3 Å². The van der Waals surface area contributed by atoms with E-state index in [-0.39, 0.29) is 5.92 Å². The van der Waals surface area contributed by atoms with Crippen molar-refractivity contribution >= 4 is 5.69 Å². The monoisotopic (exact) mass is 204 g/mol. The summed E-state index contributed by atoms with van der Waals surface area (Å²) in [7, 11) is 0. The molecule has 0 saturated heterocycles. The zero-order valence-electron chi connectivity index (χ0n) is 8.64. The van der Waals surface area contributed by atoms with E-state index in [1.54, 1.807) is 18.3 Å². The van der Waals surface area contributed by atoms with E-state index in [0.717, 1.165) is 0 Å². The van der Waals surface area contributed by atoms with Crippen LogP contribution in [0.4, 0.5) is 5.69 Å². The topological polar surface area (TPSA) is 77.8 Å². The SMILES string of the molecule is CC(C)c1noc(-c2ccc(N)cn2)n1. The average Bonchev–Trinajstić information content (AvgIpc) is 2.68. The van der Waals surface area contributed by atoms with Gasteiger partial charge >= 0.3 is 0 Å². The molecule has 0 radical (unpaired) electrons. The van der Waals surface area contributed by atoms with Crippen LogP contribution in [0.25, 0.3) is 11.6 Å². The maximum absolute atomic E-state index is 5.53. The highest BCUT2D eigenvalue weighted by molar-refractivity contribution is 5.50. The van der Waals surface area contributed by atoms with Crippen molar-refractivity contribution in [1.82, 2.24) is 15.1 Å². The molecule has 0 aliphatic heterocycles. The van der Waals surface area contributed by atoms with E-state index in [0.29, 0.717) is 23.1 Å². The minimum Gasteiger partial charge on any atom is -0.397 e. The van der Waals surface area contributed by atoms with E-state index in [1.807, 2.05) is 13.8 Å². The molecule has 0 spiro atoms. The van der Waals surface area contributed by atoms with Gasteiger partial charge in [-0.05, 0) is 12.1 Å². The minimum absolute atomic E-state index is 0.247. The van der Waals surface area contributed by atoms with Crippen molar-refractivity contribution in [2.45, 2.75) is 19.8 Å². The van der Waals surface area contributed by atoms with Gasteiger partial charge in [0.2, 0.25) is 0 Å². The number of nitrogens with two attached hydrogens (primary N) is 1. The summed E-state index contributed by atoms with van der Waals surface area (Å²) in [5.41, 5.74) is 6.78. The fraction of sp³-hybridized carbons (Fsp3) is 0.300. The van der Waals surface area contributed by atoms with E-state index in [1.165, 1.54) is 0 Å². The lowest BCUT2D eigenvalue weighted by molar-refractivity contribution is 0.418. The second kappa shape index (κ2) is 3.68. The van der Waals surface area contributed by atoms with Crippen LogP contribution in [0.2, 0.25) is 0 Å². The normalized spacial score (nSPS) is 10.9. The molecular weight excluding hydrogens is 192 g/mol. The largest absolute Gasteiger partial charge is 0.397 e. The molecule has 0 aliphatic carbocycles. The molecule has 78 valence electrons. The maximum Gasteiger partial charge on any atom is 0.276 e. The summed E-state index contributed by atoms with van der Waals surface area (Å²) in [5.74, 6) is 1.36. The first kappa shape index (κ1) is 9.64. The highest BCUT2D eigenvalue weighted by Crippen LogP contribution is 2.18. The van der Waals surface area contributed by atoms with Gasteiger partial charge in [0.15, 0.2) is 5.82 Å². The number of anilines is 1. The molecule has 0 amide bonds. The van der Waals surface area contributed by atoms with Crippen LogP contribution in [0.1, 0.15) is 25.6 Å². The zero-order chi connectivity index (χ0) is 10.8. The van der Waals surface area contributed by atoms with Gasteiger partial charge in [0.25, 0.3) is 5.89 Å². The highest BCUT2D eigenvalue weighted by Gasteiger charge is 2.11. The number of nitrogen functional groups attached to an aromatic ring is 1. The molecule has 0 atom stereocenters. The van der Waals surface area contributed by atoms with Crippen molar-refractivity contribution in [3.05, 3.63) is 24.2 Å². The molecule has 15 heavy (non-hydrogen) atoms. The molecule has 2 rings (SSSR count). The number of rotatable bonds is 2. The van der Waals surface area contributed by atoms with Crippen molar-refractivity contribution in [2.24, 2.45) is 0 Å². The van der Waals surface area contributed by atoms with Crippen LogP contribution < -0.4 is 5.73 Å². The van der Waals surface area contributed by atoms with E-state index in [2.05, 4.69) is 15.1 Å². The molecule has 2 heterocycles. The lowest BCUT2D eigenvalue weighted by Crippen LogP contribution is -1.91. The Balaban J connectivity index is 2.33. The van der Waals surface area contributed by atoms with Crippen LogP contribution in [-0.2, 0) is 0 Å². The Labute approximate surface area is 87.3 Å². The van der Waals surface area contributed by atoms with Gasteiger partial charge in [0, 0.05) is 5.92 Å². The van der Waals surface area contributed by atoms with Crippen LogP contribution in [0.3, 0.4) is 0 Å². The summed E-state index contributed by atoms with van der Waals surface area (Å²) in [6, 6.07) is 3.51. The third-order valence-electron chi connectivity index (χ3n) is 1.96. The van der Waals surface area contributed by atoms with E-state index in [4.69, 9.17) is 10.3 Å². The Morgan fingerprint density at radius 2 is 2.13 bits per heavy atom. The van der Waals surface area contributed by atoms with Gasteiger partial charge in [-0.25, -0.2) is 4.98 Å². The number of hydrogen-bond acceptors (Lipinski definition) is 5. The van der Waals surface area contributed by atoms with Gasteiger partial charge in [0.1, 0.15) is 5.69 Å². The van der Waals surface area contributed by atoms with Crippen LogP contribution in [-0.4, -0.2) is 15.1 Å². The Hall–Kier alpha value is -1.91. The molecule has 2 aromatic rings. The standard InChI is InChI=1S/C10H12N4O/c1-6(2)9-13-10(15-14-9)8-4-3-7(11)5-12-8/h3-6H,11H2,1-2H3. The molecule has 0 aromatic carbocycles. The Kier molecular flexibility index (Phi) is 2.37. The van der Waals surface area contributed by atoms with E-state index < -0.39 is 0 Å². The number of pyridine rings is 1. The zero-order valence-corrected chi connectivity index (χ0v) is 8.64. The van der Waals surface area contributed by atoms with Crippen LogP contribution in [0, 0.1) is 0 Å². The van der Waals surface area contributed by atoms with Gasteiger partial charge in [0.05, 0.1) is 11.9 Å². The van der Waals surface area contributed by atoms with Gasteiger partial charge in [-0.1, -0.05) is 19.0 Å². The molecule has 5 nitrogen and oxygen atoms in total. The molecule has 2 aromatic heterocycles. The van der Waals surface area contributed by atoms with Crippen LogP contribution >= 0.6 is 0 Å². The summed E-state index contributed by atoms with van der Waals surface area (Å²) >= 11 is 0. The summed E-state index contributed by atoms with van der Waals surface area (Å²) in [6.07, 6.45) is 1.56. The van der Waals surface area contributed by atoms with Crippen LogP contribution in [0.5, 0.6) is 0 Å². The average molecular weight is 204 g/mol. The third-order valence-corrected chi connectivity index (χ3v) is 1.96. The fourth-order valence-electron chi connectivity index (χ4n) is 1.11. The Morgan fingerprint density at radius 1 is 1.33 bits per heavy atom. The van der Waals surface area contributed by atoms with Gasteiger partial charge in [-0.2, -0.15) is 4.98 Å². The molecular formula is C10H12N4O. The molecule has 5 heteroatoms. The second-order valence-electron chi connectivity index (χ2n) is 3.59. The molecule has 0 aliphatic rings. The predicted octanol–water partition coefficient (Wildman–Crippen LogP) is 1.84. The number of nitrogens with zero attached hydrogens (tertiary/aromatic N) is 3. The number of aromatic nitrogens is 3. The first-order valence-corrected chi connectivity index (χ1v) is 4.72. The van der Waals surface area contributed by atoms with E-state index >= 15 is 0 Å². The van der Waals surface area contributed by atoms with Crippen molar-refractivity contribution < 1.29 is 4.52 Å². The fourth-order valence-corrected chi connectivity index (χ4v) is 1.11. The lowest BCUT2D eigenvalue weighted by Gasteiger charge is -1.94. The van der Waals surface area contributed by atoms with Crippen molar-refractivity contribution in [1.29, 1.82) is 0 Å². The van der Waals surface area contributed by atoms with Crippen molar-refractivity contribution in [3.8, 4) is 11.6 Å². The first-order valence-electron chi connectivity index (χ1n) is 4.72. The quantitative estimate of drug-likeness (QED) is 0.807. The Morgan fingerprint density at radius 3 is 2.67 bits per heavy atom. The summed E-state index contributed by atoms with van der Waals surface area (Å²) in [4.78, 5) is 8.33. The summed E-state index contributed by atoms with van der Waals surface area (Å²) in [5, 5.41) is 3.86. The summed E-state index contributed by atoms with van der Waals surface area (Å²) in [6.45, 7) is 4.01. The Bertz CT molecular complexity index is 447. The summed E-state index contributed by atoms with van der Waals surface area (Å²) < 4.78 is 5.09. The molecule has 0 saturated carbocycles. The highest BCUT2D eigenvalue weighted by atomic mass is 16.5. The maximum atomic E-state index is 5.53. The lowest BCUT2D eigenvalue weighted by atomic mass is 10.2. The molecule has 2 N–H and O–H groups in total. The minimum atomic E-state index is 0.247. The second-order valence-corrected chi connectivity index (χ2v) is 3.59. The number of hydrogen-bond donors (Lipinski definition) is 1. The molecule has 0 bridgehead atoms. The van der Waals surface area contributed by atoms with Gasteiger partial charge in [-0.3, -0.25) is 0 Å². The van der Waals surface area contributed by atoms with Gasteiger partial charge in [-0.15, -0.1) is 0 Å². The third kappa shape index (κ3) is 1.96. The first-order chi connectivity index (χ1) is 7.16. The predicted molar refractivity (Wildman–Crippen MR) is 56.0 cm³/mol. The molecule has 0 fully saturated rings.